The molecule has 8 heteroatoms. The summed E-state index contributed by atoms with van der Waals surface area (Å²) >= 11 is 0. The molecule has 0 spiro atoms. The van der Waals surface area contributed by atoms with E-state index < -0.39 is 47.0 Å². The predicted molar refractivity (Wildman–Crippen MR) is 94.1 cm³/mol. The Bertz CT molecular complexity index is 762. The van der Waals surface area contributed by atoms with Crippen molar-refractivity contribution >= 4 is 5.78 Å². The first kappa shape index (κ1) is 21.2. The average Bonchev–Trinajstić information content (AvgIpc) is 2.86. The lowest BCUT2D eigenvalue weighted by atomic mass is 9.45. The van der Waals surface area contributed by atoms with Gasteiger partial charge in [0.15, 0.2) is 5.78 Å². The predicted octanol–water partition coefficient (Wildman–Crippen LogP) is 4.42. The molecule has 0 aromatic heterocycles. The summed E-state index contributed by atoms with van der Waals surface area (Å²) in [4.78, 5) is 11.9. The highest BCUT2D eigenvalue weighted by Crippen LogP contribution is 2.70. The van der Waals surface area contributed by atoms with Crippen molar-refractivity contribution in [3.63, 3.8) is 0 Å². The van der Waals surface area contributed by atoms with E-state index in [1.807, 2.05) is 6.92 Å². The van der Waals surface area contributed by atoms with E-state index in [1.165, 1.54) is 6.92 Å². The number of ketones is 1. The number of halogens is 5. The van der Waals surface area contributed by atoms with Crippen LogP contribution in [0.5, 0.6) is 0 Å². The summed E-state index contributed by atoms with van der Waals surface area (Å²) in [6.07, 6.45) is -4.26. The summed E-state index contributed by atoms with van der Waals surface area (Å²) in [6.45, 7) is 3.27. The zero-order valence-electron chi connectivity index (χ0n) is 16.5. The highest BCUT2D eigenvalue weighted by Gasteiger charge is 2.79. The SMILES string of the molecule is C[C@]12CCC(=O)C=C1CCC1C2[C@H](O)C[C@@]2(C)C1CC[C@]2(O)C(F)(F)C(F)(F)F. The maximum atomic E-state index is 14.5. The van der Waals surface area contributed by atoms with Crippen LogP contribution in [0.4, 0.5) is 22.0 Å². The van der Waals surface area contributed by atoms with E-state index in [0.717, 1.165) is 5.57 Å². The third-order valence-corrected chi connectivity index (χ3v) is 8.92. The normalized spacial score (nSPS) is 47.9. The van der Waals surface area contributed by atoms with Crippen LogP contribution in [0.1, 0.15) is 58.8 Å². The van der Waals surface area contributed by atoms with Crippen LogP contribution in [0.15, 0.2) is 11.6 Å². The lowest BCUT2D eigenvalue weighted by Gasteiger charge is -2.61. The standard InChI is InChI=1S/C21H27F5O3/c1-17-7-5-12(27)9-11(17)3-4-13-14-6-8-19(29,20(22,23)21(24,25)26)18(14,2)10-15(28)16(13)17/h9,13-16,28-29H,3-8,10H2,1-2H3/t13?,14?,15-,16?,17+,18+,19-/m1/s1. The molecular formula is C21H27F5O3. The van der Waals surface area contributed by atoms with E-state index in [-0.39, 0.29) is 30.5 Å². The van der Waals surface area contributed by atoms with E-state index in [0.29, 0.717) is 25.7 Å². The summed E-state index contributed by atoms with van der Waals surface area (Å²) < 4.78 is 68.5. The van der Waals surface area contributed by atoms with E-state index in [4.69, 9.17) is 0 Å². The Morgan fingerprint density at radius 3 is 2.34 bits per heavy atom. The average molecular weight is 422 g/mol. The minimum Gasteiger partial charge on any atom is -0.393 e. The maximum Gasteiger partial charge on any atom is 0.456 e. The number of alkyl halides is 5. The molecule has 0 aromatic carbocycles. The van der Waals surface area contributed by atoms with Gasteiger partial charge in [0.05, 0.1) is 6.10 Å². The lowest BCUT2D eigenvalue weighted by Crippen LogP contribution is -2.67. The molecule has 3 nitrogen and oxygen atoms in total. The van der Waals surface area contributed by atoms with Crippen molar-refractivity contribution in [3.05, 3.63) is 11.6 Å². The molecule has 3 fully saturated rings. The van der Waals surface area contributed by atoms with Crippen LogP contribution < -0.4 is 0 Å². The third kappa shape index (κ3) is 2.51. The molecule has 4 aliphatic rings. The van der Waals surface area contributed by atoms with E-state index in [1.54, 1.807) is 6.08 Å². The molecule has 0 aliphatic heterocycles. The van der Waals surface area contributed by atoms with Gasteiger partial charge in [-0.3, -0.25) is 4.79 Å². The maximum absolute atomic E-state index is 14.5. The number of aliphatic hydroxyl groups is 2. The van der Waals surface area contributed by atoms with Gasteiger partial charge in [0.2, 0.25) is 0 Å². The van der Waals surface area contributed by atoms with Gasteiger partial charge in [-0.25, -0.2) is 0 Å². The van der Waals surface area contributed by atoms with Crippen molar-refractivity contribution < 1.29 is 37.0 Å². The van der Waals surface area contributed by atoms with Crippen molar-refractivity contribution in [2.24, 2.45) is 28.6 Å². The summed E-state index contributed by atoms with van der Waals surface area (Å²) in [7, 11) is 0. The highest BCUT2D eigenvalue weighted by atomic mass is 19.4. The Kier molecular flexibility index (Phi) is 4.41. The molecule has 4 rings (SSSR count). The molecular weight excluding hydrogens is 395 g/mol. The largest absolute Gasteiger partial charge is 0.456 e. The summed E-state index contributed by atoms with van der Waals surface area (Å²) in [6, 6.07) is 0. The van der Waals surface area contributed by atoms with Crippen molar-refractivity contribution in [2.75, 3.05) is 0 Å². The molecule has 7 atom stereocenters. The topological polar surface area (TPSA) is 57.5 Å². The molecule has 0 saturated heterocycles. The van der Waals surface area contributed by atoms with Gasteiger partial charge in [-0.15, -0.1) is 0 Å². The number of carbonyl (C=O) groups excluding carboxylic acids is 1. The number of hydrogen-bond donors (Lipinski definition) is 2. The number of fused-ring (bicyclic) bond motifs is 5. The monoisotopic (exact) mass is 422 g/mol. The smallest absolute Gasteiger partial charge is 0.393 e. The quantitative estimate of drug-likeness (QED) is 0.615. The number of hydrogen-bond acceptors (Lipinski definition) is 3. The molecule has 2 N–H and O–H groups in total. The van der Waals surface area contributed by atoms with E-state index in [2.05, 4.69) is 0 Å². The fourth-order valence-electron chi connectivity index (χ4n) is 7.44. The van der Waals surface area contributed by atoms with Crippen LogP contribution in [0.3, 0.4) is 0 Å². The minimum atomic E-state index is -5.86. The minimum absolute atomic E-state index is 0.0334. The fraction of sp³-hybridized carbons (Fsp3) is 0.857. The molecule has 0 radical (unpaired) electrons. The van der Waals surface area contributed by atoms with Gasteiger partial charge >= 0.3 is 12.1 Å². The Balaban J connectivity index is 1.75. The van der Waals surface area contributed by atoms with Gasteiger partial charge in [-0.05, 0) is 67.8 Å². The Morgan fingerprint density at radius 1 is 1.07 bits per heavy atom. The van der Waals surface area contributed by atoms with E-state index in [9.17, 15) is 37.0 Å². The van der Waals surface area contributed by atoms with Crippen LogP contribution in [0.25, 0.3) is 0 Å². The molecule has 0 amide bonds. The van der Waals surface area contributed by atoms with Gasteiger partial charge in [-0.2, -0.15) is 22.0 Å². The summed E-state index contributed by atoms with van der Waals surface area (Å²) in [5.41, 5.74) is -4.50. The van der Waals surface area contributed by atoms with Crippen molar-refractivity contribution in [2.45, 2.75) is 82.6 Å². The fourth-order valence-corrected chi connectivity index (χ4v) is 7.44. The zero-order valence-corrected chi connectivity index (χ0v) is 16.5. The number of aliphatic hydroxyl groups excluding tert-OH is 1. The first-order chi connectivity index (χ1) is 13.2. The second kappa shape index (κ2) is 6.02. The molecule has 4 aliphatic carbocycles. The van der Waals surface area contributed by atoms with Gasteiger partial charge in [-0.1, -0.05) is 19.4 Å². The van der Waals surface area contributed by atoms with Crippen LogP contribution >= 0.6 is 0 Å². The lowest BCUT2D eigenvalue weighted by molar-refractivity contribution is -0.366. The first-order valence-corrected chi connectivity index (χ1v) is 10.3. The van der Waals surface area contributed by atoms with Gasteiger partial charge < -0.3 is 10.2 Å². The molecule has 3 unspecified atom stereocenters. The summed E-state index contributed by atoms with van der Waals surface area (Å²) in [5, 5.41) is 21.8. The summed E-state index contributed by atoms with van der Waals surface area (Å²) in [5.74, 6) is -6.33. The van der Waals surface area contributed by atoms with Crippen molar-refractivity contribution in [1.82, 2.24) is 0 Å². The number of allylic oxidation sites excluding steroid dienone is 1. The van der Waals surface area contributed by atoms with Gasteiger partial charge in [0, 0.05) is 11.8 Å². The van der Waals surface area contributed by atoms with Crippen molar-refractivity contribution in [1.29, 1.82) is 0 Å². The van der Waals surface area contributed by atoms with Gasteiger partial charge in [0.25, 0.3) is 0 Å². The second-order valence-corrected chi connectivity index (χ2v) is 10.0. The van der Waals surface area contributed by atoms with Crippen LogP contribution in [0.2, 0.25) is 0 Å². The van der Waals surface area contributed by atoms with E-state index >= 15 is 0 Å². The van der Waals surface area contributed by atoms with Crippen molar-refractivity contribution in [3.8, 4) is 0 Å². The first-order valence-electron chi connectivity index (χ1n) is 10.3. The number of rotatable bonds is 1. The molecule has 164 valence electrons. The van der Waals surface area contributed by atoms with Crippen LogP contribution in [-0.4, -0.2) is 39.8 Å². The highest BCUT2D eigenvalue weighted by molar-refractivity contribution is 5.91. The number of carbonyl (C=O) groups is 1. The Hall–Kier alpha value is -1.02. The molecule has 3 saturated carbocycles. The van der Waals surface area contributed by atoms with Gasteiger partial charge in [0.1, 0.15) is 5.60 Å². The van der Waals surface area contributed by atoms with Crippen LogP contribution in [-0.2, 0) is 4.79 Å². The zero-order chi connectivity index (χ0) is 21.6. The Morgan fingerprint density at radius 2 is 1.72 bits per heavy atom. The Labute approximate surface area is 166 Å². The molecule has 0 bridgehead atoms. The second-order valence-electron chi connectivity index (χ2n) is 10.0. The van der Waals surface area contributed by atoms with Crippen LogP contribution in [0, 0.1) is 28.6 Å². The third-order valence-electron chi connectivity index (χ3n) is 8.92. The molecule has 0 heterocycles. The molecule has 0 aromatic rings. The molecule has 29 heavy (non-hydrogen) atoms.